The number of piperidine rings is 1. The Balaban J connectivity index is 1.78. The fourth-order valence-electron chi connectivity index (χ4n) is 2.73. The number of fused-ring (bicyclic) bond motifs is 2. The molecule has 0 aliphatic carbocycles. The van der Waals surface area contributed by atoms with Crippen LogP contribution in [0.5, 0.6) is 0 Å². The Morgan fingerprint density at radius 2 is 2.00 bits per heavy atom. The third-order valence-corrected chi connectivity index (χ3v) is 3.43. The van der Waals surface area contributed by atoms with Gasteiger partial charge in [-0.25, -0.2) is 4.98 Å². The second-order valence-electron chi connectivity index (χ2n) is 4.58. The van der Waals surface area contributed by atoms with Crippen molar-refractivity contribution in [3.8, 4) is 0 Å². The minimum atomic E-state index is 0.680. The van der Waals surface area contributed by atoms with Crippen molar-refractivity contribution in [3.05, 3.63) is 24.4 Å². The standard InChI is InChI=1S/C12H17N3/c1-2-7-13-12(6-1)15-8-10-4-3-5-11(9-15)14-10/h1-2,6-7,10-11,14H,3-5,8-9H2. The van der Waals surface area contributed by atoms with Gasteiger partial charge in [0, 0.05) is 31.4 Å². The summed E-state index contributed by atoms with van der Waals surface area (Å²) >= 11 is 0. The van der Waals surface area contributed by atoms with Crippen molar-refractivity contribution in [2.45, 2.75) is 31.3 Å². The number of hydrogen-bond donors (Lipinski definition) is 1. The Labute approximate surface area is 90.5 Å². The molecule has 2 fully saturated rings. The number of pyridine rings is 1. The second-order valence-corrected chi connectivity index (χ2v) is 4.58. The van der Waals surface area contributed by atoms with Crippen LogP contribution in [0.1, 0.15) is 19.3 Å². The lowest BCUT2D eigenvalue weighted by molar-refractivity contribution is 0.282. The van der Waals surface area contributed by atoms with E-state index in [1.165, 1.54) is 19.3 Å². The van der Waals surface area contributed by atoms with Crippen LogP contribution in [0.4, 0.5) is 5.82 Å². The summed E-state index contributed by atoms with van der Waals surface area (Å²) in [5, 5.41) is 3.68. The maximum Gasteiger partial charge on any atom is 0.128 e. The smallest absolute Gasteiger partial charge is 0.128 e. The summed E-state index contributed by atoms with van der Waals surface area (Å²) < 4.78 is 0. The van der Waals surface area contributed by atoms with Crippen molar-refractivity contribution in [1.29, 1.82) is 0 Å². The first-order valence-electron chi connectivity index (χ1n) is 5.84. The molecule has 0 spiro atoms. The first-order chi connectivity index (χ1) is 7.42. The van der Waals surface area contributed by atoms with Crippen LogP contribution >= 0.6 is 0 Å². The number of nitrogens with zero attached hydrogens (tertiary/aromatic N) is 2. The van der Waals surface area contributed by atoms with Crippen molar-refractivity contribution < 1.29 is 0 Å². The predicted octanol–water partition coefficient (Wildman–Crippen LogP) is 1.41. The number of aromatic nitrogens is 1. The Bertz CT molecular complexity index is 313. The molecule has 0 radical (unpaired) electrons. The monoisotopic (exact) mass is 203 g/mol. The number of hydrogen-bond acceptors (Lipinski definition) is 3. The highest BCUT2D eigenvalue weighted by Gasteiger charge is 2.29. The molecule has 3 heterocycles. The third-order valence-electron chi connectivity index (χ3n) is 3.43. The molecule has 0 saturated carbocycles. The summed E-state index contributed by atoms with van der Waals surface area (Å²) in [7, 11) is 0. The molecule has 80 valence electrons. The fourth-order valence-corrected chi connectivity index (χ4v) is 2.73. The van der Waals surface area contributed by atoms with Crippen LogP contribution < -0.4 is 10.2 Å². The summed E-state index contributed by atoms with van der Waals surface area (Å²) in [6.07, 6.45) is 5.91. The lowest BCUT2D eigenvalue weighted by atomic mass is 9.94. The zero-order chi connectivity index (χ0) is 10.1. The molecular formula is C12H17N3. The van der Waals surface area contributed by atoms with Gasteiger partial charge >= 0.3 is 0 Å². The molecule has 15 heavy (non-hydrogen) atoms. The van der Waals surface area contributed by atoms with Gasteiger partial charge < -0.3 is 10.2 Å². The van der Waals surface area contributed by atoms with E-state index in [1.54, 1.807) is 0 Å². The highest BCUT2D eigenvalue weighted by atomic mass is 15.3. The molecule has 2 saturated heterocycles. The summed E-state index contributed by atoms with van der Waals surface area (Å²) in [6, 6.07) is 7.52. The lowest BCUT2D eigenvalue weighted by Gasteiger charge is -2.43. The van der Waals surface area contributed by atoms with Crippen LogP contribution in [0.25, 0.3) is 0 Å². The average molecular weight is 203 g/mol. The maximum absolute atomic E-state index is 4.43. The molecule has 3 nitrogen and oxygen atoms in total. The second kappa shape index (κ2) is 3.81. The maximum atomic E-state index is 4.43. The van der Waals surface area contributed by atoms with Gasteiger partial charge in [0.25, 0.3) is 0 Å². The molecule has 3 heteroatoms. The van der Waals surface area contributed by atoms with E-state index < -0.39 is 0 Å². The van der Waals surface area contributed by atoms with Crippen molar-refractivity contribution in [2.24, 2.45) is 0 Å². The lowest BCUT2D eigenvalue weighted by Crippen LogP contribution is -2.58. The van der Waals surface area contributed by atoms with E-state index in [0.29, 0.717) is 12.1 Å². The Morgan fingerprint density at radius 1 is 1.20 bits per heavy atom. The minimum Gasteiger partial charge on any atom is -0.353 e. The summed E-state index contributed by atoms with van der Waals surface area (Å²) in [5.74, 6) is 1.14. The summed E-state index contributed by atoms with van der Waals surface area (Å²) in [5.41, 5.74) is 0. The summed E-state index contributed by atoms with van der Waals surface area (Å²) in [6.45, 7) is 2.24. The molecule has 1 aromatic rings. The highest BCUT2D eigenvalue weighted by Crippen LogP contribution is 2.22. The van der Waals surface area contributed by atoms with Crippen LogP contribution in [0.2, 0.25) is 0 Å². The normalized spacial score (nSPS) is 30.3. The third kappa shape index (κ3) is 1.84. The van der Waals surface area contributed by atoms with Gasteiger partial charge in [0.05, 0.1) is 0 Å². The molecule has 3 rings (SSSR count). The Hall–Kier alpha value is -1.09. The SMILES string of the molecule is c1ccc(N2CC3CCCC(C2)N3)nc1. The van der Waals surface area contributed by atoms with Gasteiger partial charge in [-0.1, -0.05) is 12.5 Å². The Kier molecular flexibility index (Phi) is 2.33. The molecule has 2 unspecified atom stereocenters. The van der Waals surface area contributed by atoms with Crippen molar-refractivity contribution in [2.75, 3.05) is 18.0 Å². The predicted molar refractivity (Wildman–Crippen MR) is 61.0 cm³/mol. The van der Waals surface area contributed by atoms with E-state index in [0.717, 1.165) is 18.9 Å². The highest BCUT2D eigenvalue weighted by molar-refractivity contribution is 5.39. The molecule has 0 aromatic carbocycles. The molecule has 2 aliphatic heterocycles. The molecule has 0 amide bonds. The first-order valence-corrected chi connectivity index (χ1v) is 5.84. The van der Waals surface area contributed by atoms with Gasteiger partial charge in [0.15, 0.2) is 0 Å². The Morgan fingerprint density at radius 3 is 2.67 bits per heavy atom. The summed E-state index contributed by atoms with van der Waals surface area (Å²) in [4.78, 5) is 6.85. The van der Waals surface area contributed by atoms with Gasteiger partial charge in [-0.15, -0.1) is 0 Å². The number of nitrogens with one attached hydrogen (secondary N) is 1. The van der Waals surface area contributed by atoms with Crippen molar-refractivity contribution in [1.82, 2.24) is 10.3 Å². The van der Waals surface area contributed by atoms with Gasteiger partial charge in [0.2, 0.25) is 0 Å². The van der Waals surface area contributed by atoms with Crippen LogP contribution in [0, 0.1) is 0 Å². The molecule has 2 aliphatic rings. The largest absolute Gasteiger partial charge is 0.353 e. The van der Waals surface area contributed by atoms with Gasteiger partial charge in [-0.05, 0) is 25.0 Å². The van der Waals surface area contributed by atoms with E-state index in [-0.39, 0.29) is 0 Å². The first kappa shape index (κ1) is 9.16. The van der Waals surface area contributed by atoms with Gasteiger partial charge in [-0.2, -0.15) is 0 Å². The minimum absolute atomic E-state index is 0.680. The van der Waals surface area contributed by atoms with Crippen LogP contribution in [-0.2, 0) is 0 Å². The quantitative estimate of drug-likeness (QED) is 0.748. The van der Waals surface area contributed by atoms with Crippen molar-refractivity contribution in [3.63, 3.8) is 0 Å². The average Bonchev–Trinajstić information content (AvgIpc) is 2.30. The molecule has 2 atom stereocenters. The van der Waals surface area contributed by atoms with E-state index >= 15 is 0 Å². The molecule has 1 N–H and O–H groups in total. The van der Waals surface area contributed by atoms with Crippen LogP contribution in [0.3, 0.4) is 0 Å². The number of anilines is 1. The van der Waals surface area contributed by atoms with Crippen LogP contribution in [-0.4, -0.2) is 30.2 Å². The number of rotatable bonds is 1. The number of piperazine rings is 1. The topological polar surface area (TPSA) is 28.2 Å². The van der Waals surface area contributed by atoms with Gasteiger partial charge in [0.1, 0.15) is 5.82 Å². The molecule has 2 bridgehead atoms. The zero-order valence-electron chi connectivity index (χ0n) is 8.89. The van der Waals surface area contributed by atoms with E-state index in [4.69, 9.17) is 0 Å². The van der Waals surface area contributed by atoms with Gasteiger partial charge in [-0.3, -0.25) is 0 Å². The fraction of sp³-hybridized carbons (Fsp3) is 0.583. The van der Waals surface area contributed by atoms with E-state index in [2.05, 4.69) is 27.3 Å². The molecular weight excluding hydrogens is 186 g/mol. The van der Waals surface area contributed by atoms with E-state index in [9.17, 15) is 0 Å². The van der Waals surface area contributed by atoms with Crippen LogP contribution in [0.15, 0.2) is 24.4 Å². The van der Waals surface area contributed by atoms with E-state index in [1.807, 2.05) is 12.3 Å². The molecule has 1 aromatic heterocycles. The zero-order valence-corrected chi connectivity index (χ0v) is 8.89. The van der Waals surface area contributed by atoms with Crippen molar-refractivity contribution >= 4 is 5.82 Å².